The van der Waals surface area contributed by atoms with Crippen molar-refractivity contribution in [3.63, 3.8) is 0 Å². The van der Waals surface area contributed by atoms with E-state index in [1.165, 1.54) is 5.56 Å². The fraction of sp³-hybridized carbons (Fsp3) is 0.647. The van der Waals surface area contributed by atoms with Gasteiger partial charge in [0.25, 0.3) is 0 Å². The van der Waals surface area contributed by atoms with Crippen LogP contribution in [0.2, 0.25) is 0 Å². The van der Waals surface area contributed by atoms with Crippen molar-refractivity contribution in [2.24, 2.45) is 11.8 Å². The monoisotopic (exact) mass is 279 g/mol. The van der Waals surface area contributed by atoms with Gasteiger partial charge in [0.1, 0.15) is 0 Å². The molecule has 20 heavy (non-hydrogen) atoms. The molecule has 0 bridgehead atoms. The lowest BCUT2D eigenvalue weighted by Crippen LogP contribution is -2.39. The number of hydrogen-bond acceptors (Lipinski definition) is 3. The van der Waals surface area contributed by atoms with Crippen LogP contribution < -0.4 is 5.32 Å². The molecule has 0 fully saturated rings. The first kappa shape index (κ1) is 17.2. The molecule has 3 nitrogen and oxygen atoms in total. The third-order valence-corrected chi connectivity index (χ3v) is 3.58. The van der Waals surface area contributed by atoms with E-state index in [1.807, 2.05) is 12.1 Å². The van der Waals surface area contributed by atoms with Crippen molar-refractivity contribution in [3.05, 3.63) is 35.4 Å². The maximum absolute atomic E-state index is 10.2. The largest absolute Gasteiger partial charge is 0.395 e. The van der Waals surface area contributed by atoms with E-state index in [1.54, 1.807) is 0 Å². The van der Waals surface area contributed by atoms with Crippen LogP contribution in [0.25, 0.3) is 0 Å². The summed E-state index contributed by atoms with van der Waals surface area (Å²) in [6, 6.07) is 8.19. The van der Waals surface area contributed by atoms with Crippen molar-refractivity contribution >= 4 is 0 Å². The minimum Gasteiger partial charge on any atom is -0.395 e. The topological polar surface area (TPSA) is 52.5 Å². The van der Waals surface area contributed by atoms with Crippen LogP contribution >= 0.6 is 0 Å². The normalized spacial score (nSPS) is 14.8. The van der Waals surface area contributed by atoms with Gasteiger partial charge in [0.15, 0.2) is 0 Å². The zero-order chi connectivity index (χ0) is 15.1. The van der Waals surface area contributed by atoms with E-state index in [0.29, 0.717) is 18.4 Å². The Balaban J connectivity index is 2.52. The molecule has 1 aromatic rings. The van der Waals surface area contributed by atoms with Gasteiger partial charge in [0, 0.05) is 12.6 Å². The maximum atomic E-state index is 10.2. The lowest BCUT2D eigenvalue weighted by Gasteiger charge is -2.22. The van der Waals surface area contributed by atoms with Gasteiger partial charge in [0.05, 0.1) is 12.7 Å². The SMILES string of the molecule is CC(C)Cc1ccc(C(O)CN[C@H](CO)C(C)C)cc1. The Morgan fingerprint density at radius 1 is 1.05 bits per heavy atom. The first-order valence-electron chi connectivity index (χ1n) is 7.55. The maximum Gasteiger partial charge on any atom is 0.0914 e. The smallest absolute Gasteiger partial charge is 0.0914 e. The molecule has 0 saturated carbocycles. The molecule has 0 spiro atoms. The summed E-state index contributed by atoms with van der Waals surface area (Å²) in [5, 5.41) is 22.6. The van der Waals surface area contributed by atoms with Gasteiger partial charge >= 0.3 is 0 Å². The van der Waals surface area contributed by atoms with Gasteiger partial charge in [-0.15, -0.1) is 0 Å². The van der Waals surface area contributed by atoms with E-state index >= 15 is 0 Å². The van der Waals surface area contributed by atoms with E-state index in [-0.39, 0.29) is 12.6 Å². The quantitative estimate of drug-likeness (QED) is 0.685. The molecule has 1 unspecified atom stereocenters. The fourth-order valence-electron chi connectivity index (χ4n) is 2.24. The standard InChI is InChI=1S/C17H29NO2/c1-12(2)9-14-5-7-15(8-6-14)17(20)10-18-16(11-19)13(3)4/h5-8,12-13,16-20H,9-11H2,1-4H3/t16-,17?/m1/s1. The number of rotatable bonds is 8. The highest BCUT2D eigenvalue weighted by molar-refractivity contribution is 5.24. The van der Waals surface area contributed by atoms with E-state index in [2.05, 4.69) is 45.1 Å². The molecule has 0 aromatic heterocycles. The molecule has 0 aliphatic rings. The average molecular weight is 279 g/mol. The number of aliphatic hydroxyl groups is 2. The van der Waals surface area contributed by atoms with Crippen molar-refractivity contribution in [3.8, 4) is 0 Å². The Kier molecular flexibility index (Phi) is 7.20. The number of hydrogen-bond donors (Lipinski definition) is 3. The van der Waals surface area contributed by atoms with Crippen LogP contribution in [0.1, 0.15) is 44.9 Å². The molecule has 2 atom stereocenters. The first-order chi connectivity index (χ1) is 9.43. The Bertz CT molecular complexity index is 373. The average Bonchev–Trinajstić information content (AvgIpc) is 2.39. The molecule has 0 radical (unpaired) electrons. The Hall–Kier alpha value is -0.900. The van der Waals surface area contributed by atoms with Crippen molar-refractivity contribution in [1.82, 2.24) is 5.32 Å². The van der Waals surface area contributed by atoms with Crippen LogP contribution in [0, 0.1) is 11.8 Å². The van der Waals surface area contributed by atoms with Gasteiger partial charge in [-0.3, -0.25) is 0 Å². The molecule has 1 aromatic carbocycles. The van der Waals surface area contributed by atoms with Crippen molar-refractivity contribution in [1.29, 1.82) is 0 Å². The van der Waals surface area contributed by atoms with Crippen LogP contribution in [-0.4, -0.2) is 29.4 Å². The summed E-state index contributed by atoms with van der Waals surface area (Å²) in [7, 11) is 0. The molecule has 0 heterocycles. The third kappa shape index (κ3) is 5.61. The van der Waals surface area contributed by atoms with Gasteiger partial charge in [0.2, 0.25) is 0 Å². The molecule has 0 aliphatic carbocycles. The highest BCUT2D eigenvalue weighted by Gasteiger charge is 2.14. The minimum atomic E-state index is -0.532. The summed E-state index contributed by atoms with van der Waals surface area (Å²) in [5.74, 6) is 0.990. The van der Waals surface area contributed by atoms with Gasteiger partial charge in [-0.25, -0.2) is 0 Å². The van der Waals surface area contributed by atoms with Crippen LogP contribution in [0.5, 0.6) is 0 Å². The summed E-state index contributed by atoms with van der Waals surface area (Å²) < 4.78 is 0. The second-order valence-electron chi connectivity index (χ2n) is 6.30. The lowest BCUT2D eigenvalue weighted by molar-refractivity contribution is 0.148. The second kappa shape index (κ2) is 8.40. The Morgan fingerprint density at radius 3 is 2.10 bits per heavy atom. The molecule has 0 aliphatic heterocycles. The molecule has 0 saturated heterocycles. The van der Waals surface area contributed by atoms with E-state index in [4.69, 9.17) is 0 Å². The van der Waals surface area contributed by atoms with E-state index in [9.17, 15) is 10.2 Å². The summed E-state index contributed by atoms with van der Waals surface area (Å²) in [6.45, 7) is 9.08. The summed E-state index contributed by atoms with van der Waals surface area (Å²) >= 11 is 0. The summed E-state index contributed by atoms with van der Waals surface area (Å²) in [6.07, 6.45) is 0.532. The minimum absolute atomic E-state index is 0.0323. The highest BCUT2D eigenvalue weighted by Crippen LogP contribution is 2.16. The third-order valence-electron chi connectivity index (χ3n) is 3.58. The van der Waals surface area contributed by atoms with Crippen molar-refractivity contribution < 1.29 is 10.2 Å². The Morgan fingerprint density at radius 2 is 1.65 bits per heavy atom. The predicted octanol–water partition coefficient (Wildman–Crippen LogP) is 2.53. The van der Waals surface area contributed by atoms with Crippen LogP contribution in [0.4, 0.5) is 0 Å². The predicted molar refractivity (Wildman–Crippen MR) is 83.7 cm³/mol. The van der Waals surface area contributed by atoms with E-state index in [0.717, 1.165) is 12.0 Å². The fourth-order valence-corrected chi connectivity index (χ4v) is 2.24. The van der Waals surface area contributed by atoms with Gasteiger partial charge in [-0.2, -0.15) is 0 Å². The number of benzene rings is 1. The van der Waals surface area contributed by atoms with Crippen molar-refractivity contribution in [2.75, 3.05) is 13.2 Å². The van der Waals surface area contributed by atoms with Gasteiger partial charge in [-0.05, 0) is 29.4 Å². The van der Waals surface area contributed by atoms with Crippen LogP contribution in [0.3, 0.4) is 0 Å². The van der Waals surface area contributed by atoms with Crippen molar-refractivity contribution in [2.45, 2.75) is 46.3 Å². The molecular weight excluding hydrogens is 250 g/mol. The number of aliphatic hydroxyl groups excluding tert-OH is 2. The molecular formula is C17H29NO2. The van der Waals surface area contributed by atoms with Gasteiger partial charge < -0.3 is 15.5 Å². The van der Waals surface area contributed by atoms with E-state index < -0.39 is 6.10 Å². The summed E-state index contributed by atoms with van der Waals surface area (Å²) in [4.78, 5) is 0. The molecule has 114 valence electrons. The van der Waals surface area contributed by atoms with Crippen LogP contribution in [0.15, 0.2) is 24.3 Å². The second-order valence-corrected chi connectivity index (χ2v) is 6.30. The zero-order valence-corrected chi connectivity index (χ0v) is 13.1. The van der Waals surface area contributed by atoms with Gasteiger partial charge in [-0.1, -0.05) is 52.0 Å². The number of nitrogens with one attached hydrogen (secondary N) is 1. The Labute approximate surface area is 123 Å². The summed E-state index contributed by atoms with van der Waals surface area (Å²) in [5.41, 5.74) is 2.23. The highest BCUT2D eigenvalue weighted by atomic mass is 16.3. The molecule has 1 rings (SSSR count). The zero-order valence-electron chi connectivity index (χ0n) is 13.1. The lowest BCUT2D eigenvalue weighted by atomic mass is 10.00. The molecule has 0 amide bonds. The molecule has 3 heteroatoms. The van der Waals surface area contributed by atoms with Crippen LogP contribution in [-0.2, 0) is 6.42 Å². The first-order valence-corrected chi connectivity index (χ1v) is 7.55. The molecule has 3 N–H and O–H groups in total.